The SMILES string of the molecule is C/C=C/C1(F)[C@@H](CCN)CN(c2ncc(Cl)c(Nc3ccc(CCC(C)C(=O)CC(CC)CCC(C)(C)O)c(C)c3)n2)C[C@H]1C. The Morgan fingerprint density at radius 1 is 1.33 bits per heavy atom. The zero-order valence-electron chi connectivity index (χ0n) is 28.4. The van der Waals surface area contributed by atoms with E-state index in [1.54, 1.807) is 18.3 Å². The van der Waals surface area contributed by atoms with Gasteiger partial charge in [0.25, 0.3) is 0 Å². The zero-order valence-corrected chi connectivity index (χ0v) is 29.1. The van der Waals surface area contributed by atoms with E-state index in [2.05, 4.69) is 36.3 Å². The fourth-order valence-electron chi connectivity index (χ4n) is 6.40. The van der Waals surface area contributed by atoms with Gasteiger partial charge in [-0.25, -0.2) is 9.37 Å². The van der Waals surface area contributed by atoms with Gasteiger partial charge in [-0.3, -0.25) is 4.79 Å². The summed E-state index contributed by atoms with van der Waals surface area (Å²) in [5.74, 6) is 1.09. The van der Waals surface area contributed by atoms with Crippen LogP contribution < -0.4 is 16.0 Å². The maximum absolute atomic E-state index is 16.0. The summed E-state index contributed by atoms with van der Waals surface area (Å²) in [6.45, 7) is 15.0. The van der Waals surface area contributed by atoms with Crippen LogP contribution in [0.5, 0.6) is 0 Å². The molecule has 3 rings (SSSR count). The fourth-order valence-corrected chi connectivity index (χ4v) is 6.54. The number of Topliss-reactive ketones (excluding diaryl/α,β-unsaturated/α-hetero) is 1. The Balaban J connectivity index is 1.64. The second-order valence-electron chi connectivity index (χ2n) is 13.8. The molecule has 5 atom stereocenters. The van der Waals surface area contributed by atoms with Gasteiger partial charge in [-0.2, -0.15) is 4.98 Å². The standard InChI is InChI=1S/C36H55ClFN5O2/c1-8-16-36(38)26(5)22-43(23-29(36)15-18-39)34-40-21-31(37)33(42-34)41-30-13-12-28(25(4)19-30)11-10-24(3)32(44)20-27(9-2)14-17-35(6,7)45/h8,12-13,16,19,21,24,26-27,29,45H,9-11,14-15,17-18,20,22-23,39H2,1-7H3,(H,40,41,42)/b16-8+/t24?,26-,27?,29+,36?/m1/s1. The monoisotopic (exact) mass is 643 g/mol. The minimum Gasteiger partial charge on any atom is -0.390 e. The number of carbonyl (C=O) groups excluding carboxylic acids is 1. The molecule has 1 aliphatic heterocycles. The number of hydrogen-bond acceptors (Lipinski definition) is 7. The highest BCUT2D eigenvalue weighted by atomic mass is 35.5. The third kappa shape index (κ3) is 10.2. The van der Waals surface area contributed by atoms with Gasteiger partial charge in [-0.15, -0.1) is 0 Å². The summed E-state index contributed by atoms with van der Waals surface area (Å²) >= 11 is 6.52. The number of carbonyl (C=O) groups is 1. The average molecular weight is 644 g/mol. The molecule has 1 aromatic carbocycles. The van der Waals surface area contributed by atoms with Gasteiger partial charge in [0.15, 0.2) is 5.82 Å². The highest BCUT2D eigenvalue weighted by Crippen LogP contribution is 2.40. The maximum Gasteiger partial charge on any atom is 0.227 e. The lowest BCUT2D eigenvalue weighted by Gasteiger charge is -2.46. The van der Waals surface area contributed by atoms with Crippen molar-refractivity contribution in [3.8, 4) is 0 Å². The van der Waals surface area contributed by atoms with E-state index in [4.69, 9.17) is 22.3 Å². The van der Waals surface area contributed by atoms with E-state index in [-0.39, 0.29) is 17.8 Å². The lowest BCUT2D eigenvalue weighted by atomic mass is 9.74. The number of nitrogens with one attached hydrogen (secondary N) is 1. The first-order valence-corrected chi connectivity index (χ1v) is 17.0. The first-order valence-electron chi connectivity index (χ1n) is 16.6. The van der Waals surface area contributed by atoms with E-state index in [9.17, 15) is 9.90 Å². The van der Waals surface area contributed by atoms with Crippen molar-refractivity contribution < 1.29 is 14.3 Å². The Hall–Kier alpha value is -2.55. The molecule has 0 radical (unpaired) electrons. The first kappa shape index (κ1) is 36.9. The summed E-state index contributed by atoms with van der Waals surface area (Å²) in [7, 11) is 0. The number of rotatable bonds is 16. The molecule has 2 heterocycles. The summed E-state index contributed by atoms with van der Waals surface area (Å²) in [5, 5.41) is 13.8. The topological polar surface area (TPSA) is 104 Å². The lowest BCUT2D eigenvalue weighted by molar-refractivity contribution is -0.123. The van der Waals surface area contributed by atoms with E-state index < -0.39 is 11.3 Å². The number of aryl methyl sites for hydroxylation is 2. The molecule has 0 saturated carbocycles. The fraction of sp³-hybridized carbons (Fsp3) is 0.639. The number of hydrogen-bond donors (Lipinski definition) is 3. The largest absolute Gasteiger partial charge is 0.390 e. The first-order chi connectivity index (χ1) is 21.2. The van der Waals surface area contributed by atoms with Crippen molar-refractivity contribution in [1.29, 1.82) is 0 Å². The Morgan fingerprint density at radius 3 is 2.69 bits per heavy atom. The molecular formula is C36H55ClFN5O2. The predicted molar refractivity (Wildman–Crippen MR) is 185 cm³/mol. The van der Waals surface area contributed by atoms with E-state index >= 15 is 4.39 Å². The van der Waals surface area contributed by atoms with Gasteiger partial charge in [0.1, 0.15) is 16.5 Å². The summed E-state index contributed by atoms with van der Waals surface area (Å²) < 4.78 is 16.0. The Morgan fingerprint density at radius 2 is 2.07 bits per heavy atom. The van der Waals surface area contributed by atoms with Crippen molar-refractivity contribution in [2.24, 2.45) is 29.4 Å². The summed E-state index contributed by atoms with van der Waals surface area (Å²) in [6.07, 6.45) is 10.3. The molecule has 1 saturated heterocycles. The van der Waals surface area contributed by atoms with Crippen molar-refractivity contribution >= 4 is 34.8 Å². The minimum atomic E-state index is -1.42. The van der Waals surface area contributed by atoms with Crippen LogP contribution >= 0.6 is 11.6 Å². The zero-order chi connectivity index (χ0) is 33.4. The third-order valence-electron chi connectivity index (χ3n) is 9.50. The number of halogens is 2. The minimum absolute atomic E-state index is 0.0147. The van der Waals surface area contributed by atoms with Gasteiger partial charge in [0.05, 0.1) is 11.8 Å². The normalized spacial score (nSPS) is 22.1. The second kappa shape index (κ2) is 16.3. The number of anilines is 3. The number of allylic oxidation sites excluding steroid dienone is 2. The van der Waals surface area contributed by atoms with Crippen molar-refractivity contribution in [2.45, 2.75) is 105 Å². The number of nitrogens with zero attached hydrogens (tertiary/aromatic N) is 3. The van der Waals surface area contributed by atoms with Gasteiger partial charge in [0, 0.05) is 43.0 Å². The molecule has 0 amide bonds. The Labute approximate surface area is 275 Å². The molecule has 0 spiro atoms. The molecule has 1 fully saturated rings. The van der Waals surface area contributed by atoms with Gasteiger partial charge in [-0.05, 0) is 95.5 Å². The molecule has 0 bridgehead atoms. The van der Waals surface area contributed by atoms with Crippen LogP contribution in [0.25, 0.3) is 0 Å². The van der Waals surface area contributed by atoms with E-state index in [0.717, 1.165) is 36.9 Å². The van der Waals surface area contributed by atoms with E-state index in [1.807, 2.05) is 45.6 Å². The van der Waals surface area contributed by atoms with Crippen LogP contribution in [0.15, 0.2) is 36.5 Å². The molecule has 9 heteroatoms. The van der Waals surface area contributed by atoms with Crippen LogP contribution in [0.2, 0.25) is 5.02 Å². The summed E-state index contributed by atoms with van der Waals surface area (Å²) in [5.41, 5.74) is 6.93. The number of aliphatic hydroxyl groups is 1. The van der Waals surface area contributed by atoms with Crippen molar-refractivity contribution in [3.05, 3.63) is 52.7 Å². The maximum atomic E-state index is 16.0. The predicted octanol–water partition coefficient (Wildman–Crippen LogP) is 7.99. The summed E-state index contributed by atoms with van der Waals surface area (Å²) in [6, 6.07) is 6.17. The highest BCUT2D eigenvalue weighted by molar-refractivity contribution is 6.32. The van der Waals surface area contributed by atoms with Crippen LogP contribution in [0.1, 0.15) is 91.2 Å². The van der Waals surface area contributed by atoms with Crippen LogP contribution in [0.3, 0.4) is 0 Å². The van der Waals surface area contributed by atoms with Gasteiger partial charge < -0.3 is 21.1 Å². The van der Waals surface area contributed by atoms with Crippen molar-refractivity contribution in [2.75, 3.05) is 29.9 Å². The number of ketones is 1. The lowest BCUT2D eigenvalue weighted by Crippen LogP contribution is -2.55. The molecule has 250 valence electrons. The van der Waals surface area contributed by atoms with E-state index in [0.29, 0.717) is 67.4 Å². The third-order valence-corrected chi connectivity index (χ3v) is 9.78. The number of nitrogens with two attached hydrogens (primary N) is 1. The summed E-state index contributed by atoms with van der Waals surface area (Å²) in [4.78, 5) is 24.2. The second-order valence-corrected chi connectivity index (χ2v) is 14.2. The molecule has 7 nitrogen and oxygen atoms in total. The quantitative estimate of drug-likeness (QED) is 0.159. The molecule has 1 aliphatic rings. The van der Waals surface area contributed by atoms with Gasteiger partial charge in [0.2, 0.25) is 5.95 Å². The highest BCUT2D eigenvalue weighted by Gasteiger charge is 2.46. The Bertz CT molecular complexity index is 1300. The number of benzene rings is 1. The number of aromatic nitrogens is 2. The van der Waals surface area contributed by atoms with Crippen LogP contribution in [-0.4, -0.2) is 51.8 Å². The average Bonchev–Trinajstić information content (AvgIpc) is 2.98. The molecule has 2 aromatic rings. The van der Waals surface area contributed by atoms with Gasteiger partial charge in [-0.1, -0.05) is 57.0 Å². The smallest absolute Gasteiger partial charge is 0.227 e. The Kier molecular flexibility index (Phi) is 13.4. The number of piperidine rings is 1. The van der Waals surface area contributed by atoms with Crippen LogP contribution in [0.4, 0.5) is 21.8 Å². The van der Waals surface area contributed by atoms with E-state index in [1.165, 1.54) is 5.56 Å². The van der Waals surface area contributed by atoms with Crippen LogP contribution in [-0.2, 0) is 11.2 Å². The molecule has 3 unspecified atom stereocenters. The van der Waals surface area contributed by atoms with Crippen molar-refractivity contribution in [3.63, 3.8) is 0 Å². The van der Waals surface area contributed by atoms with Gasteiger partial charge >= 0.3 is 0 Å². The molecular weight excluding hydrogens is 589 g/mol. The molecule has 45 heavy (non-hydrogen) atoms. The van der Waals surface area contributed by atoms with Crippen molar-refractivity contribution in [1.82, 2.24) is 9.97 Å². The molecule has 1 aromatic heterocycles. The molecule has 4 N–H and O–H groups in total. The number of alkyl halides is 1. The van der Waals surface area contributed by atoms with Crippen LogP contribution in [0, 0.1) is 30.6 Å². The molecule has 0 aliphatic carbocycles.